The monoisotopic (exact) mass is 288 g/mol. The highest BCUT2D eigenvalue weighted by Gasteiger charge is 2.14. The van der Waals surface area contributed by atoms with E-state index in [1.54, 1.807) is 25.3 Å². The minimum atomic E-state index is -1.08. The Hall–Kier alpha value is -2.83. The second kappa shape index (κ2) is 6.08. The number of urea groups is 1. The highest BCUT2D eigenvalue weighted by atomic mass is 16.4. The standard InChI is InChI=1S/C14H16N4O3/c1-8-4-3-5-11(13(19)20)12(8)17-14(21)15-6-10-7-16-18-9(10)2/h3-5,7H,6H2,1-2H3,(H,16,18)(H,19,20)(H2,15,17,21). The van der Waals surface area contributed by atoms with Crippen LogP contribution in [-0.4, -0.2) is 27.3 Å². The highest BCUT2D eigenvalue weighted by molar-refractivity contribution is 6.00. The molecule has 1 aromatic carbocycles. The Bertz CT molecular complexity index is 679. The zero-order chi connectivity index (χ0) is 15.4. The van der Waals surface area contributed by atoms with Crippen LogP contribution < -0.4 is 10.6 Å². The van der Waals surface area contributed by atoms with Gasteiger partial charge in [-0.25, -0.2) is 9.59 Å². The van der Waals surface area contributed by atoms with Crippen molar-refractivity contribution >= 4 is 17.7 Å². The van der Waals surface area contributed by atoms with Crippen LogP contribution in [0.5, 0.6) is 0 Å². The lowest BCUT2D eigenvalue weighted by molar-refractivity contribution is 0.0698. The lowest BCUT2D eigenvalue weighted by atomic mass is 10.1. The predicted octanol–water partition coefficient (Wildman–Crippen LogP) is 2.05. The molecule has 2 amide bonds. The lowest BCUT2D eigenvalue weighted by Crippen LogP contribution is -2.29. The largest absolute Gasteiger partial charge is 0.478 e. The summed E-state index contributed by atoms with van der Waals surface area (Å²) < 4.78 is 0. The average Bonchev–Trinajstić information content (AvgIpc) is 2.84. The Morgan fingerprint density at radius 3 is 2.71 bits per heavy atom. The van der Waals surface area contributed by atoms with Gasteiger partial charge in [-0.1, -0.05) is 12.1 Å². The first-order chi connectivity index (χ1) is 9.99. The van der Waals surface area contributed by atoms with Crippen molar-refractivity contribution in [3.8, 4) is 0 Å². The Morgan fingerprint density at radius 1 is 1.33 bits per heavy atom. The molecule has 110 valence electrons. The van der Waals surface area contributed by atoms with Crippen LogP contribution in [0.1, 0.15) is 27.2 Å². The molecule has 0 radical (unpaired) electrons. The van der Waals surface area contributed by atoms with Crippen molar-refractivity contribution in [3.63, 3.8) is 0 Å². The third-order valence-corrected chi connectivity index (χ3v) is 3.12. The number of rotatable bonds is 4. The van der Waals surface area contributed by atoms with Gasteiger partial charge in [-0.2, -0.15) is 5.10 Å². The molecule has 0 saturated carbocycles. The van der Waals surface area contributed by atoms with Gasteiger partial charge in [-0.15, -0.1) is 0 Å². The van der Waals surface area contributed by atoms with Crippen LogP contribution in [0.3, 0.4) is 0 Å². The van der Waals surface area contributed by atoms with Gasteiger partial charge in [0.25, 0.3) is 0 Å². The number of nitrogens with one attached hydrogen (secondary N) is 3. The van der Waals surface area contributed by atoms with Crippen LogP contribution in [0, 0.1) is 13.8 Å². The molecule has 2 rings (SSSR count). The van der Waals surface area contributed by atoms with Crippen LogP contribution in [0.2, 0.25) is 0 Å². The third-order valence-electron chi connectivity index (χ3n) is 3.12. The van der Waals surface area contributed by atoms with Gasteiger partial charge in [0.15, 0.2) is 0 Å². The minimum Gasteiger partial charge on any atom is -0.478 e. The molecule has 0 spiro atoms. The second-order valence-electron chi connectivity index (χ2n) is 4.63. The minimum absolute atomic E-state index is 0.0599. The summed E-state index contributed by atoms with van der Waals surface area (Å²) in [5.74, 6) is -1.08. The van der Waals surface area contributed by atoms with Gasteiger partial charge in [0.1, 0.15) is 0 Å². The predicted molar refractivity (Wildman–Crippen MR) is 77.3 cm³/mol. The zero-order valence-electron chi connectivity index (χ0n) is 11.7. The maximum Gasteiger partial charge on any atom is 0.337 e. The zero-order valence-corrected chi connectivity index (χ0v) is 11.7. The smallest absolute Gasteiger partial charge is 0.337 e. The molecule has 0 bridgehead atoms. The molecule has 1 heterocycles. The van der Waals surface area contributed by atoms with Crippen molar-refractivity contribution in [1.29, 1.82) is 0 Å². The Morgan fingerprint density at radius 2 is 2.10 bits per heavy atom. The number of hydrogen-bond donors (Lipinski definition) is 4. The fourth-order valence-electron chi connectivity index (χ4n) is 1.90. The van der Waals surface area contributed by atoms with Crippen molar-refractivity contribution in [1.82, 2.24) is 15.5 Å². The number of para-hydroxylation sites is 1. The number of aromatic amines is 1. The summed E-state index contributed by atoms with van der Waals surface area (Å²) in [4.78, 5) is 23.1. The second-order valence-corrected chi connectivity index (χ2v) is 4.63. The number of aromatic nitrogens is 2. The first kappa shape index (κ1) is 14.6. The molecule has 0 unspecified atom stereocenters. The molecule has 1 aromatic heterocycles. The third kappa shape index (κ3) is 3.38. The van der Waals surface area contributed by atoms with E-state index < -0.39 is 12.0 Å². The number of carboxylic acids is 1. The van der Waals surface area contributed by atoms with E-state index >= 15 is 0 Å². The number of anilines is 1. The molecular formula is C14H16N4O3. The van der Waals surface area contributed by atoms with Gasteiger partial charge >= 0.3 is 12.0 Å². The van der Waals surface area contributed by atoms with Gasteiger partial charge in [0, 0.05) is 17.8 Å². The fraction of sp³-hybridized carbons (Fsp3) is 0.214. The molecule has 0 fully saturated rings. The first-order valence-electron chi connectivity index (χ1n) is 6.35. The summed E-state index contributed by atoms with van der Waals surface area (Å²) in [6, 6.07) is 4.36. The van der Waals surface area contributed by atoms with Gasteiger partial charge < -0.3 is 15.7 Å². The number of nitrogens with zero attached hydrogens (tertiary/aromatic N) is 1. The van der Waals surface area contributed by atoms with Gasteiger partial charge in [-0.3, -0.25) is 5.10 Å². The normalized spacial score (nSPS) is 10.2. The van der Waals surface area contributed by atoms with Crippen LogP contribution in [0.15, 0.2) is 24.4 Å². The molecular weight excluding hydrogens is 272 g/mol. The van der Waals surface area contributed by atoms with Crippen LogP contribution in [-0.2, 0) is 6.54 Å². The number of amides is 2. The fourth-order valence-corrected chi connectivity index (χ4v) is 1.90. The SMILES string of the molecule is Cc1cccc(C(=O)O)c1NC(=O)NCc1cn[nH]c1C. The summed E-state index contributed by atoms with van der Waals surface area (Å²) >= 11 is 0. The van der Waals surface area contributed by atoms with E-state index in [1.165, 1.54) is 6.07 Å². The topological polar surface area (TPSA) is 107 Å². The molecule has 0 aliphatic carbocycles. The number of benzene rings is 1. The Labute approximate surface area is 121 Å². The van der Waals surface area contributed by atoms with Crippen LogP contribution in [0.4, 0.5) is 10.5 Å². The van der Waals surface area contributed by atoms with E-state index in [-0.39, 0.29) is 5.56 Å². The first-order valence-corrected chi connectivity index (χ1v) is 6.35. The summed E-state index contributed by atoms with van der Waals surface area (Å²) in [5, 5.41) is 21.0. The van der Waals surface area contributed by atoms with E-state index in [0.29, 0.717) is 17.8 Å². The number of carboxylic acid groups (broad SMARTS) is 1. The molecule has 7 nitrogen and oxygen atoms in total. The maximum absolute atomic E-state index is 11.9. The number of aryl methyl sites for hydroxylation is 2. The number of H-pyrrole nitrogens is 1. The van der Waals surface area contributed by atoms with E-state index in [9.17, 15) is 9.59 Å². The number of carbonyl (C=O) groups is 2. The van der Waals surface area contributed by atoms with Crippen molar-refractivity contribution in [2.24, 2.45) is 0 Å². The molecule has 0 atom stereocenters. The van der Waals surface area contributed by atoms with Crippen molar-refractivity contribution < 1.29 is 14.7 Å². The molecule has 0 aliphatic rings. The van der Waals surface area contributed by atoms with E-state index in [0.717, 1.165) is 11.3 Å². The molecule has 2 aromatic rings. The Kier molecular flexibility index (Phi) is 4.22. The highest BCUT2D eigenvalue weighted by Crippen LogP contribution is 2.20. The van der Waals surface area contributed by atoms with E-state index in [1.807, 2.05) is 6.92 Å². The number of carbonyl (C=O) groups excluding carboxylic acids is 1. The van der Waals surface area contributed by atoms with Crippen molar-refractivity contribution in [2.45, 2.75) is 20.4 Å². The summed E-state index contributed by atoms with van der Waals surface area (Å²) in [6.45, 7) is 3.90. The molecule has 4 N–H and O–H groups in total. The van der Waals surface area contributed by atoms with E-state index in [4.69, 9.17) is 5.11 Å². The molecule has 0 saturated heterocycles. The number of hydrogen-bond acceptors (Lipinski definition) is 3. The molecule has 0 aliphatic heterocycles. The quantitative estimate of drug-likeness (QED) is 0.690. The van der Waals surface area contributed by atoms with Crippen LogP contribution >= 0.6 is 0 Å². The summed E-state index contributed by atoms with van der Waals surface area (Å²) in [7, 11) is 0. The molecule has 21 heavy (non-hydrogen) atoms. The lowest BCUT2D eigenvalue weighted by Gasteiger charge is -2.12. The number of aromatic carboxylic acids is 1. The van der Waals surface area contributed by atoms with Crippen LogP contribution in [0.25, 0.3) is 0 Å². The maximum atomic E-state index is 11.9. The average molecular weight is 288 g/mol. The van der Waals surface area contributed by atoms with E-state index in [2.05, 4.69) is 20.8 Å². The summed E-state index contributed by atoms with van der Waals surface area (Å²) in [5.41, 5.74) is 2.78. The molecule has 7 heteroatoms. The van der Waals surface area contributed by atoms with Gasteiger partial charge in [0.2, 0.25) is 0 Å². The summed E-state index contributed by atoms with van der Waals surface area (Å²) in [6.07, 6.45) is 1.63. The van der Waals surface area contributed by atoms with Crippen molar-refractivity contribution in [3.05, 3.63) is 46.8 Å². The Balaban J connectivity index is 2.06. The van der Waals surface area contributed by atoms with Gasteiger partial charge in [0.05, 0.1) is 17.4 Å². The van der Waals surface area contributed by atoms with Crippen molar-refractivity contribution in [2.75, 3.05) is 5.32 Å². The van der Waals surface area contributed by atoms with Gasteiger partial charge in [-0.05, 0) is 25.5 Å².